The monoisotopic (exact) mass is 453 g/mol. The van der Waals surface area contributed by atoms with Crippen LogP contribution < -0.4 is 15.4 Å². The number of ether oxygens (including phenoxy) is 2. The number of anilines is 2. The lowest BCUT2D eigenvalue weighted by Gasteiger charge is -2.20. The Kier molecular flexibility index (Phi) is 7.66. The van der Waals surface area contributed by atoms with Crippen LogP contribution >= 0.6 is 0 Å². The fourth-order valence-electron chi connectivity index (χ4n) is 3.49. The van der Waals surface area contributed by atoms with Crippen molar-refractivity contribution in [2.75, 3.05) is 30.9 Å². The number of para-hydroxylation sites is 2. The van der Waals surface area contributed by atoms with E-state index in [1.54, 1.807) is 53.4 Å². The normalized spacial score (nSPS) is 15.3. The average Bonchev–Trinajstić information content (AvgIpc) is 3.20. The molecule has 3 amide bonds. The molecule has 0 aliphatic carbocycles. The number of nitrogens with zero attached hydrogens (tertiary/aromatic N) is 1. The number of hydrogen-bond acceptors (Lipinski definition) is 6. The Bertz CT molecular complexity index is 1030. The second-order valence-electron chi connectivity index (χ2n) is 7.93. The van der Waals surface area contributed by atoms with Gasteiger partial charge in [-0.05, 0) is 50.2 Å². The van der Waals surface area contributed by atoms with Crippen LogP contribution in [0.1, 0.15) is 30.6 Å². The first-order valence-electron chi connectivity index (χ1n) is 10.6. The molecule has 1 aliphatic heterocycles. The molecule has 1 heterocycles. The van der Waals surface area contributed by atoms with Crippen LogP contribution in [0.15, 0.2) is 48.5 Å². The molecule has 1 fully saturated rings. The average molecular weight is 453 g/mol. The summed E-state index contributed by atoms with van der Waals surface area (Å²) in [5.41, 5.74) is 1.39. The van der Waals surface area contributed by atoms with E-state index in [2.05, 4.69) is 10.6 Å². The number of nitrogens with one attached hydrogen (secondary N) is 2. The quantitative estimate of drug-likeness (QED) is 0.594. The minimum Gasteiger partial charge on any atom is -0.495 e. The van der Waals surface area contributed by atoms with Crippen LogP contribution in [0, 0.1) is 5.92 Å². The summed E-state index contributed by atoms with van der Waals surface area (Å²) in [6, 6.07) is 13.4. The highest BCUT2D eigenvalue weighted by atomic mass is 16.5. The molecule has 1 unspecified atom stereocenters. The van der Waals surface area contributed by atoms with Crippen LogP contribution in [0.3, 0.4) is 0 Å². The van der Waals surface area contributed by atoms with E-state index in [-0.39, 0.29) is 24.3 Å². The molecule has 0 aromatic heterocycles. The maximum atomic E-state index is 12.5. The third-order valence-electron chi connectivity index (χ3n) is 5.25. The highest BCUT2D eigenvalue weighted by Gasteiger charge is 2.36. The third kappa shape index (κ3) is 6.09. The summed E-state index contributed by atoms with van der Waals surface area (Å²) in [6.07, 6.45) is 0.0943. The second kappa shape index (κ2) is 10.6. The summed E-state index contributed by atoms with van der Waals surface area (Å²) in [7, 11) is 1.52. The van der Waals surface area contributed by atoms with Crippen LogP contribution in [0.5, 0.6) is 5.75 Å². The lowest BCUT2D eigenvalue weighted by atomic mass is 10.1. The summed E-state index contributed by atoms with van der Waals surface area (Å²) in [4.78, 5) is 50.4. The van der Waals surface area contributed by atoms with Crippen LogP contribution in [0.25, 0.3) is 0 Å². The summed E-state index contributed by atoms with van der Waals surface area (Å²) >= 11 is 0. The van der Waals surface area contributed by atoms with Gasteiger partial charge in [0.25, 0.3) is 11.8 Å². The molecule has 3 rings (SSSR count). The lowest BCUT2D eigenvalue weighted by Crippen LogP contribution is -2.33. The Morgan fingerprint density at radius 3 is 2.39 bits per heavy atom. The SMILES string of the molecule is COc1ccccc1NC(=O)c1ccc(NC(=O)COC(=O)C2CC(=O)N(C(C)C)C2)cc1. The maximum absolute atomic E-state index is 12.5. The van der Waals surface area contributed by atoms with Crippen LogP contribution in [0.2, 0.25) is 0 Å². The topological polar surface area (TPSA) is 114 Å². The molecule has 2 aromatic rings. The minimum absolute atomic E-state index is 0.0124. The molecule has 0 saturated carbocycles. The van der Waals surface area contributed by atoms with E-state index in [1.807, 2.05) is 13.8 Å². The van der Waals surface area contributed by atoms with Gasteiger partial charge in [-0.3, -0.25) is 19.2 Å². The van der Waals surface area contributed by atoms with Gasteiger partial charge in [-0.25, -0.2) is 0 Å². The standard InChI is InChI=1S/C24H27N3O6/c1-15(2)27-13-17(12-22(27)29)24(31)33-14-21(28)25-18-10-8-16(9-11-18)23(30)26-19-6-4-5-7-20(19)32-3/h4-11,15,17H,12-14H2,1-3H3,(H,25,28)(H,26,30). The van der Waals surface area contributed by atoms with Crippen LogP contribution in [-0.4, -0.2) is 54.9 Å². The number of benzene rings is 2. The van der Waals surface area contributed by atoms with Gasteiger partial charge in [0.1, 0.15) is 5.75 Å². The van der Waals surface area contributed by atoms with E-state index in [1.165, 1.54) is 7.11 Å². The van der Waals surface area contributed by atoms with Crippen molar-refractivity contribution in [3.8, 4) is 5.75 Å². The van der Waals surface area contributed by atoms with Crippen LogP contribution in [0.4, 0.5) is 11.4 Å². The van der Waals surface area contributed by atoms with Crippen molar-refractivity contribution >= 4 is 35.1 Å². The van der Waals surface area contributed by atoms with Crippen molar-refractivity contribution in [1.29, 1.82) is 0 Å². The van der Waals surface area contributed by atoms with E-state index in [0.29, 0.717) is 29.2 Å². The van der Waals surface area contributed by atoms with Gasteiger partial charge >= 0.3 is 5.97 Å². The number of likely N-dealkylation sites (tertiary alicyclic amines) is 1. The molecule has 2 aromatic carbocycles. The highest BCUT2D eigenvalue weighted by Crippen LogP contribution is 2.24. The second-order valence-corrected chi connectivity index (χ2v) is 7.93. The Hall–Kier alpha value is -3.88. The molecule has 0 spiro atoms. The number of rotatable bonds is 8. The Labute approximate surface area is 192 Å². The van der Waals surface area contributed by atoms with E-state index in [4.69, 9.17) is 9.47 Å². The van der Waals surface area contributed by atoms with Gasteiger partial charge in [-0.15, -0.1) is 0 Å². The first kappa shape index (κ1) is 23.8. The van der Waals surface area contributed by atoms with Crippen molar-refractivity contribution in [2.45, 2.75) is 26.3 Å². The lowest BCUT2D eigenvalue weighted by molar-refractivity contribution is -0.151. The van der Waals surface area contributed by atoms with Crippen molar-refractivity contribution in [2.24, 2.45) is 5.92 Å². The van der Waals surface area contributed by atoms with Gasteiger partial charge in [0, 0.05) is 30.3 Å². The molecule has 174 valence electrons. The maximum Gasteiger partial charge on any atom is 0.311 e. The minimum atomic E-state index is -0.565. The molecule has 1 saturated heterocycles. The first-order valence-corrected chi connectivity index (χ1v) is 10.6. The summed E-state index contributed by atoms with van der Waals surface area (Å²) in [5.74, 6) is -1.51. The fraction of sp³-hybridized carbons (Fsp3) is 0.333. The highest BCUT2D eigenvalue weighted by molar-refractivity contribution is 6.05. The Morgan fingerprint density at radius 2 is 1.76 bits per heavy atom. The van der Waals surface area contributed by atoms with E-state index in [0.717, 1.165) is 0 Å². The molecule has 0 radical (unpaired) electrons. The van der Waals surface area contributed by atoms with Gasteiger partial charge in [-0.2, -0.15) is 0 Å². The van der Waals surface area contributed by atoms with E-state index in [9.17, 15) is 19.2 Å². The smallest absolute Gasteiger partial charge is 0.311 e. The van der Waals surface area contributed by atoms with E-state index >= 15 is 0 Å². The molecule has 2 N–H and O–H groups in total. The number of methoxy groups -OCH3 is 1. The molecule has 1 atom stereocenters. The van der Waals surface area contributed by atoms with Gasteiger partial charge in [0.2, 0.25) is 5.91 Å². The zero-order chi connectivity index (χ0) is 24.0. The van der Waals surface area contributed by atoms with Gasteiger partial charge in [0.05, 0.1) is 18.7 Å². The summed E-state index contributed by atoms with van der Waals surface area (Å²) in [5, 5.41) is 5.39. The van der Waals surface area contributed by atoms with Gasteiger partial charge in [-0.1, -0.05) is 12.1 Å². The largest absolute Gasteiger partial charge is 0.495 e. The molecule has 9 heteroatoms. The summed E-state index contributed by atoms with van der Waals surface area (Å²) in [6.45, 7) is 3.61. The van der Waals surface area contributed by atoms with Crippen molar-refractivity contribution < 1.29 is 28.7 Å². The molecule has 1 aliphatic rings. The van der Waals surface area contributed by atoms with Crippen molar-refractivity contribution in [3.05, 3.63) is 54.1 Å². The molecular formula is C24H27N3O6. The summed E-state index contributed by atoms with van der Waals surface area (Å²) < 4.78 is 10.3. The zero-order valence-electron chi connectivity index (χ0n) is 18.8. The third-order valence-corrected chi connectivity index (χ3v) is 5.25. The molecule has 0 bridgehead atoms. The molecular weight excluding hydrogens is 426 g/mol. The number of hydrogen-bond donors (Lipinski definition) is 2. The van der Waals surface area contributed by atoms with Crippen LogP contribution in [-0.2, 0) is 19.1 Å². The van der Waals surface area contributed by atoms with Crippen molar-refractivity contribution in [3.63, 3.8) is 0 Å². The number of carbonyl (C=O) groups is 4. The Balaban J connectivity index is 1.48. The predicted molar refractivity (Wildman–Crippen MR) is 122 cm³/mol. The number of esters is 1. The molecule has 33 heavy (non-hydrogen) atoms. The van der Waals surface area contributed by atoms with Crippen molar-refractivity contribution in [1.82, 2.24) is 4.90 Å². The van der Waals surface area contributed by atoms with Gasteiger partial charge in [0.15, 0.2) is 6.61 Å². The van der Waals surface area contributed by atoms with Gasteiger partial charge < -0.3 is 25.0 Å². The Morgan fingerprint density at radius 1 is 1.06 bits per heavy atom. The first-order chi connectivity index (χ1) is 15.8. The number of amides is 3. The zero-order valence-corrected chi connectivity index (χ0v) is 18.8. The predicted octanol–water partition coefficient (Wildman–Crippen LogP) is 2.69. The van der Waals surface area contributed by atoms with E-state index < -0.39 is 24.4 Å². The fourth-order valence-corrected chi connectivity index (χ4v) is 3.49. The number of carbonyl (C=O) groups excluding carboxylic acids is 4. The molecule has 9 nitrogen and oxygen atoms in total.